The molecule has 10 heteroatoms. The van der Waals surface area contributed by atoms with E-state index in [4.69, 9.17) is 9.82 Å². The molecule has 1 aromatic heterocycles. The van der Waals surface area contributed by atoms with Crippen molar-refractivity contribution < 1.29 is 24.3 Å². The summed E-state index contributed by atoms with van der Waals surface area (Å²) in [6.07, 6.45) is 0.311. The monoisotopic (exact) mass is 514 g/mol. The number of hydrogen-bond donors (Lipinski definition) is 1. The van der Waals surface area contributed by atoms with E-state index in [1.807, 2.05) is 36.4 Å². The van der Waals surface area contributed by atoms with Crippen LogP contribution in [-0.4, -0.2) is 32.9 Å². The van der Waals surface area contributed by atoms with Gasteiger partial charge >= 0.3 is 5.97 Å². The van der Waals surface area contributed by atoms with Crippen molar-refractivity contribution in [2.24, 2.45) is 10.2 Å². The summed E-state index contributed by atoms with van der Waals surface area (Å²) in [7, 11) is 0. The van der Waals surface area contributed by atoms with Gasteiger partial charge in [0.2, 0.25) is 0 Å². The molecule has 1 saturated heterocycles. The SMILES string of the molecule is Cc1cccc2nc(-c3ccc(/N=N/c4cc(CCC(=O)ON5C(=O)CCC5=O)ccc4O)cc3)sc12. The number of amides is 2. The minimum Gasteiger partial charge on any atom is -0.506 e. The Bertz CT molecular complexity index is 1530. The number of phenols is 1. The fourth-order valence-corrected chi connectivity index (χ4v) is 4.89. The summed E-state index contributed by atoms with van der Waals surface area (Å²) in [6, 6.07) is 18.3. The average molecular weight is 515 g/mol. The molecule has 3 aromatic carbocycles. The second kappa shape index (κ2) is 10.3. The van der Waals surface area contributed by atoms with Crippen LogP contribution in [0.15, 0.2) is 70.9 Å². The summed E-state index contributed by atoms with van der Waals surface area (Å²) in [5, 5.41) is 20.0. The molecule has 0 saturated carbocycles. The maximum atomic E-state index is 12.1. The highest BCUT2D eigenvalue weighted by atomic mass is 32.1. The van der Waals surface area contributed by atoms with Gasteiger partial charge in [0.15, 0.2) is 0 Å². The number of azo groups is 1. The lowest BCUT2D eigenvalue weighted by atomic mass is 10.1. The highest BCUT2D eigenvalue weighted by Gasteiger charge is 2.32. The van der Waals surface area contributed by atoms with E-state index in [-0.39, 0.29) is 37.1 Å². The maximum absolute atomic E-state index is 12.1. The van der Waals surface area contributed by atoms with E-state index in [1.54, 1.807) is 23.5 Å². The van der Waals surface area contributed by atoms with Crippen molar-refractivity contribution >= 4 is 50.7 Å². The number of carbonyl (C=O) groups is 3. The summed E-state index contributed by atoms with van der Waals surface area (Å²) in [4.78, 5) is 44.8. The van der Waals surface area contributed by atoms with Crippen LogP contribution in [0.5, 0.6) is 5.75 Å². The molecule has 0 aliphatic carbocycles. The molecule has 1 fully saturated rings. The zero-order chi connectivity index (χ0) is 25.9. The van der Waals surface area contributed by atoms with Gasteiger partial charge in [0, 0.05) is 18.4 Å². The molecule has 37 heavy (non-hydrogen) atoms. The molecular weight excluding hydrogens is 492 g/mol. The van der Waals surface area contributed by atoms with E-state index in [0.29, 0.717) is 16.3 Å². The molecular formula is C27H22N4O5S. The summed E-state index contributed by atoms with van der Waals surface area (Å²) in [6.45, 7) is 2.07. The molecule has 1 aliphatic heterocycles. The van der Waals surface area contributed by atoms with Crippen LogP contribution < -0.4 is 0 Å². The summed E-state index contributed by atoms with van der Waals surface area (Å²) in [5.74, 6) is -1.78. The number of hydroxylamine groups is 2. The zero-order valence-corrected chi connectivity index (χ0v) is 20.7. The molecule has 186 valence electrons. The first-order chi connectivity index (χ1) is 17.9. The Morgan fingerprint density at radius 2 is 1.81 bits per heavy atom. The Labute approximate surface area is 216 Å². The van der Waals surface area contributed by atoms with Gasteiger partial charge in [0.05, 0.1) is 22.3 Å². The molecule has 0 spiro atoms. The Hall–Kier alpha value is -4.44. The van der Waals surface area contributed by atoms with Gasteiger partial charge in [-0.15, -0.1) is 21.5 Å². The van der Waals surface area contributed by atoms with Crippen molar-refractivity contribution in [3.05, 3.63) is 71.8 Å². The number of benzene rings is 3. The highest BCUT2D eigenvalue weighted by Crippen LogP contribution is 2.34. The van der Waals surface area contributed by atoms with Crippen molar-refractivity contribution in [3.63, 3.8) is 0 Å². The van der Waals surface area contributed by atoms with Gasteiger partial charge in [0.25, 0.3) is 11.8 Å². The van der Waals surface area contributed by atoms with E-state index < -0.39 is 17.8 Å². The van der Waals surface area contributed by atoms with Crippen LogP contribution >= 0.6 is 11.3 Å². The predicted octanol–water partition coefficient (Wildman–Crippen LogP) is 5.93. The number of nitrogens with zero attached hydrogens (tertiary/aromatic N) is 4. The van der Waals surface area contributed by atoms with Gasteiger partial charge in [-0.05, 0) is 66.9 Å². The van der Waals surface area contributed by atoms with Crippen molar-refractivity contribution in [2.75, 3.05) is 0 Å². The van der Waals surface area contributed by atoms with Gasteiger partial charge in [-0.25, -0.2) is 9.78 Å². The van der Waals surface area contributed by atoms with Crippen LogP contribution in [0.3, 0.4) is 0 Å². The maximum Gasteiger partial charge on any atom is 0.333 e. The van der Waals surface area contributed by atoms with Crippen LogP contribution in [-0.2, 0) is 25.6 Å². The third-order valence-electron chi connectivity index (χ3n) is 5.86. The average Bonchev–Trinajstić information content (AvgIpc) is 3.47. The van der Waals surface area contributed by atoms with Crippen LogP contribution in [0.2, 0.25) is 0 Å². The Morgan fingerprint density at radius 1 is 1.05 bits per heavy atom. The second-order valence-corrected chi connectivity index (χ2v) is 9.56. The molecule has 0 radical (unpaired) electrons. The number of rotatable bonds is 7. The Morgan fingerprint density at radius 3 is 2.54 bits per heavy atom. The normalized spacial score (nSPS) is 13.7. The number of carbonyl (C=O) groups excluding carboxylic acids is 3. The fraction of sp³-hybridized carbons (Fsp3) is 0.185. The number of fused-ring (bicyclic) bond motifs is 1. The summed E-state index contributed by atoms with van der Waals surface area (Å²) in [5.41, 5.74) is 4.72. The zero-order valence-electron chi connectivity index (χ0n) is 19.9. The summed E-state index contributed by atoms with van der Waals surface area (Å²) >= 11 is 1.64. The Kier molecular flexibility index (Phi) is 6.74. The van der Waals surface area contributed by atoms with Gasteiger partial charge in [-0.1, -0.05) is 18.2 Å². The third kappa shape index (κ3) is 5.39. The van der Waals surface area contributed by atoms with E-state index >= 15 is 0 Å². The molecule has 0 unspecified atom stereocenters. The largest absolute Gasteiger partial charge is 0.506 e. The van der Waals surface area contributed by atoms with Crippen molar-refractivity contribution in [1.29, 1.82) is 0 Å². The second-order valence-electron chi connectivity index (χ2n) is 8.56. The standard InChI is InChI=1S/C27H22N4O5S/c1-16-3-2-4-20-26(16)37-27(28-20)18-7-9-19(10-8-18)29-30-21-15-17(5-11-22(21)32)6-14-25(35)36-31-23(33)12-13-24(31)34/h2-5,7-11,15,32H,6,12-14H2,1H3/b30-29+. The number of phenolic OH excluding ortho intramolecular Hbond substituents is 1. The lowest BCUT2D eigenvalue weighted by Gasteiger charge is -2.12. The lowest BCUT2D eigenvalue weighted by molar-refractivity contribution is -0.197. The molecule has 2 heterocycles. The molecule has 1 N–H and O–H groups in total. The quantitative estimate of drug-likeness (QED) is 0.241. The van der Waals surface area contributed by atoms with E-state index in [2.05, 4.69) is 23.2 Å². The van der Waals surface area contributed by atoms with Crippen molar-refractivity contribution in [2.45, 2.75) is 32.6 Å². The topological polar surface area (TPSA) is 122 Å². The van der Waals surface area contributed by atoms with Gasteiger partial charge in [-0.2, -0.15) is 5.11 Å². The molecule has 4 aromatic rings. The number of thiazole rings is 1. The van der Waals surface area contributed by atoms with Gasteiger partial charge < -0.3 is 9.94 Å². The predicted molar refractivity (Wildman–Crippen MR) is 138 cm³/mol. The van der Waals surface area contributed by atoms with E-state index in [1.165, 1.54) is 16.3 Å². The number of aryl methyl sites for hydroxylation is 2. The Balaban J connectivity index is 1.23. The molecule has 5 rings (SSSR count). The fourth-order valence-electron chi connectivity index (χ4n) is 3.85. The van der Waals surface area contributed by atoms with Crippen LogP contribution in [0.4, 0.5) is 11.4 Å². The number of imide groups is 1. The number of hydrogen-bond acceptors (Lipinski definition) is 9. The van der Waals surface area contributed by atoms with Crippen molar-refractivity contribution in [1.82, 2.24) is 10.0 Å². The van der Waals surface area contributed by atoms with Crippen LogP contribution in [0.25, 0.3) is 20.8 Å². The van der Waals surface area contributed by atoms with Crippen molar-refractivity contribution in [3.8, 4) is 16.3 Å². The van der Waals surface area contributed by atoms with Crippen LogP contribution in [0, 0.1) is 6.92 Å². The molecule has 0 atom stereocenters. The minimum absolute atomic E-state index is 0.0445. The smallest absolute Gasteiger partial charge is 0.333 e. The first-order valence-corrected chi connectivity index (χ1v) is 12.5. The summed E-state index contributed by atoms with van der Waals surface area (Å²) < 4.78 is 1.17. The van der Waals surface area contributed by atoms with E-state index in [9.17, 15) is 19.5 Å². The molecule has 0 bridgehead atoms. The number of aromatic hydroxyl groups is 1. The van der Waals surface area contributed by atoms with Crippen LogP contribution in [0.1, 0.15) is 30.4 Å². The van der Waals surface area contributed by atoms with Gasteiger partial charge in [0.1, 0.15) is 16.4 Å². The first kappa shape index (κ1) is 24.3. The minimum atomic E-state index is -0.691. The van der Waals surface area contributed by atoms with Gasteiger partial charge in [-0.3, -0.25) is 9.59 Å². The molecule has 9 nitrogen and oxygen atoms in total. The molecule has 2 amide bonds. The van der Waals surface area contributed by atoms with E-state index in [0.717, 1.165) is 16.1 Å². The first-order valence-electron chi connectivity index (χ1n) is 11.6. The molecule has 1 aliphatic rings. The number of aromatic nitrogens is 1. The highest BCUT2D eigenvalue weighted by molar-refractivity contribution is 7.21. The third-order valence-corrected chi connectivity index (χ3v) is 7.11. The lowest BCUT2D eigenvalue weighted by Crippen LogP contribution is -2.32.